The molecule has 1 amide bonds. The molecule has 1 unspecified atom stereocenters. The number of anilines is 2. The number of thiazole rings is 1. The summed E-state index contributed by atoms with van der Waals surface area (Å²) in [5, 5.41) is 12.2. The molecule has 206 valence electrons. The first-order chi connectivity index (χ1) is 19.0. The number of ether oxygens (including phenoxy) is 1. The van der Waals surface area contributed by atoms with Crippen molar-refractivity contribution < 1.29 is 19.4 Å². The van der Waals surface area contributed by atoms with Gasteiger partial charge in [0.2, 0.25) is 0 Å². The molecular formula is C32H33N3O4S. The number of aliphatic hydroxyl groups is 1. The lowest BCUT2D eigenvalue weighted by Crippen LogP contribution is -2.29. The molecule has 7 nitrogen and oxygen atoms in total. The third-order valence-corrected chi connectivity index (χ3v) is 8.38. The van der Waals surface area contributed by atoms with Gasteiger partial charge in [-0.2, -0.15) is 0 Å². The van der Waals surface area contributed by atoms with Crippen molar-refractivity contribution in [3.63, 3.8) is 0 Å². The smallest absolute Gasteiger partial charge is 0.301 e. The van der Waals surface area contributed by atoms with Crippen molar-refractivity contribution in [3.8, 4) is 5.75 Å². The molecule has 5 rings (SSSR count). The Morgan fingerprint density at radius 2 is 1.75 bits per heavy atom. The number of aryl methyl sites for hydroxylation is 2. The second-order valence-electron chi connectivity index (χ2n) is 10.7. The molecule has 0 saturated carbocycles. The Labute approximate surface area is 238 Å². The van der Waals surface area contributed by atoms with Gasteiger partial charge >= 0.3 is 5.91 Å². The van der Waals surface area contributed by atoms with Crippen molar-refractivity contribution in [2.75, 3.05) is 31.0 Å². The molecule has 1 fully saturated rings. The van der Waals surface area contributed by atoms with E-state index in [4.69, 9.17) is 9.72 Å². The van der Waals surface area contributed by atoms with Crippen LogP contribution in [-0.4, -0.2) is 43.0 Å². The number of fused-ring (bicyclic) bond motifs is 1. The lowest BCUT2D eigenvalue weighted by Gasteiger charge is -2.24. The van der Waals surface area contributed by atoms with Gasteiger partial charge in [0.1, 0.15) is 11.5 Å². The average molecular weight is 556 g/mol. The van der Waals surface area contributed by atoms with Gasteiger partial charge in [0.15, 0.2) is 5.13 Å². The van der Waals surface area contributed by atoms with Gasteiger partial charge < -0.3 is 14.7 Å². The Balaban J connectivity index is 1.75. The number of nitrogens with zero attached hydrogens (tertiary/aromatic N) is 3. The second kappa shape index (κ2) is 10.4. The number of amides is 1. The van der Waals surface area contributed by atoms with Crippen LogP contribution in [0.25, 0.3) is 16.0 Å². The molecule has 4 aromatic rings. The summed E-state index contributed by atoms with van der Waals surface area (Å²) in [5.74, 6) is -0.832. The monoisotopic (exact) mass is 555 g/mol. The van der Waals surface area contributed by atoms with Crippen molar-refractivity contribution in [1.29, 1.82) is 0 Å². The van der Waals surface area contributed by atoms with E-state index in [-0.39, 0.29) is 17.3 Å². The standard InChI is InChI=1S/C32H33N3O4S/c1-17(2)22-16-23(19(4)15-25(22)39-7)29(36)27-28(20-9-11-21(12-10-20)34(5)6)35(31(38)30(27)37)32-33-24-13-8-18(3)14-26(24)40-32/h8-17,28,36H,1-7H3/b29-27+. The first-order valence-electron chi connectivity index (χ1n) is 13.2. The van der Waals surface area contributed by atoms with Crippen LogP contribution in [0, 0.1) is 13.8 Å². The van der Waals surface area contributed by atoms with Crippen molar-refractivity contribution in [1.82, 2.24) is 4.98 Å². The highest BCUT2D eigenvalue weighted by molar-refractivity contribution is 7.22. The first kappa shape index (κ1) is 27.4. The van der Waals surface area contributed by atoms with E-state index in [0.717, 1.165) is 32.6 Å². The summed E-state index contributed by atoms with van der Waals surface area (Å²) in [6.07, 6.45) is 0. The van der Waals surface area contributed by atoms with E-state index in [0.29, 0.717) is 22.0 Å². The number of aliphatic hydroxyl groups excluding tert-OH is 1. The van der Waals surface area contributed by atoms with Gasteiger partial charge in [-0.1, -0.05) is 43.4 Å². The lowest BCUT2D eigenvalue weighted by atomic mass is 9.91. The van der Waals surface area contributed by atoms with Gasteiger partial charge in [-0.25, -0.2) is 4.98 Å². The summed E-state index contributed by atoms with van der Waals surface area (Å²) in [4.78, 5) is 35.5. The SMILES string of the molecule is COc1cc(C)c(/C(O)=C2\C(=O)C(=O)N(c3nc4ccc(C)cc4s3)C2c2ccc(N(C)C)cc2)cc1C(C)C. The minimum absolute atomic E-state index is 0.0426. The molecule has 1 aliphatic rings. The summed E-state index contributed by atoms with van der Waals surface area (Å²) in [6.45, 7) is 7.93. The van der Waals surface area contributed by atoms with Gasteiger partial charge in [0, 0.05) is 25.3 Å². The predicted molar refractivity (Wildman–Crippen MR) is 162 cm³/mol. The zero-order valence-electron chi connectivity index (χ0n) is 23.8. The number of hydrogen-bond acceptors (Lipinski definition) is 7. The van der Waals surface area contributed by atoms with E-state index in [1.54, 1.807) is 7.11 Å². The highest BCUT2D eigenvalue weighted by Crippen LogP contribution is 2.45. The van der Waals surface area contributed by atoms with E-state index < -0.39 is 17.7 Å². The summed E-state index contributed by atoms with van der Waals surface area (Å²) < 4.78 is 6.50. The molecule has 1 atom stereocenters. The van der Waals surface area contributed by atoms with E-state index in [1.165, 1.54) is 16.2 Å². The number of Topliss-reactive ketones (excluding diaryl/α,β-unsaturated/α-hetero) is 1. The molecule has 1 saturated heterocycles. The largest absolute Gasteiger partial charge is 0.507 e. The average Bonchev–Trinajstić information content (AvgIpc) is 3.45. The Morgan fingerprint density at radius 3 is 2.38 bits per heavy atom. The maximum absolute atomic E-state index is 13.7. The molecule has 2 heterocycles. The number of rotatable bonds is 6. The van der Waals surface area contributed by atoms with Crippen molar-refractivity contribution in [2.24, 2.45) is 0 Å². The predicted octanol–water partition coefficient (Wildman–Crippen LogP) is 6.74. The highest BCUT2D eigenvalue weighted by Gasteiger charge is 2.48. The summed E-state index contributed by atoms with van der Waals surface area (Å²) in [7, 11) is 5.51. The van der Waals surface area contributed by atoms with Gasteiger partial charge in [0.25, 0.3) is 5.78 Å². The van der Waals surface area contributed by atoms with E-state index in [2.05, 4.69) is 0 Å². The van der Waals surface area contributed by atoms with Gasteiger partial charge in [-0.15, -0.1) is 0 Å². The van der Waals surface area contributed by atoms with E-state index >= 15 is 0 Å². The van der Waals surface area contributed by atoms with Crippen LogP contribution in [0.2, 0.25) is 0 Å². The Hall–Kier alpha value is -4.17. The number of carbonyl (C=O) groups is 2. The topological polar surface area (TPSA) is 83.0 Å². The number of hydrogen-bond donors (Lipinski definition) is 1. The second-order valence-corrected chi connectivity index (χ2v) is 11.7. The third kappa shape index (κ3) is 4.62. The molecule has 0 radical (unpaired) electrons. The van der Waals surface area contributed by atoms with Crippen LogP contribution in [0.5, 0.6) is 5.75 Å². The summed E-state index contributed by atoms with van der Waals surface area (Å²) >= 11 is 1.36. The van der Waals surface area contributed by atoms with Gasteiger partial charge in [-0.3, -0.25) is 14.5 Å². The molecule has 3 aromatic carbocycles. The Kier molecular flexibility index (Phi) is 7.14. The maximum atomic E-state index is 13.7. The molecular weight excluding hydrogens is 522 g/mol. The highest BCUT2D eigenvalue weighted by atomic mass is 32.1. The molecule has 0 aliphatic carbocycles. The van der Waals surface area contributed by atoms with Crippen LogP contribution >= 0.6 is 11.3 Å². The lowest BCUT2D eigenvalue weighted by molar-refractivity contribution is -0.132. The normalized spacial score (nSPS) is 16.8. The number of carbonyl (C=O) groups excluding carboxylic acids is 2. The number of ketones is 1. The van der Waals surface area contributed by atoms with Crippen molar-refractivity contribution in [3.05, 3.63) is 88.0 Å². The van der Waals surface area contributed by atoms with Crippen LogP contribution in [0.15, 0.2) is 60.2 Å². The first-order valence-corrected chi connectivity index (χ1v) is 14.0. The van der Waals surface area contributed by atoms with E-state index in [1.807, 2.05) is 101 Å². The van der Waals surface area contributed by atoms with Crippen molar-refractivity contribution in [2.45, 2.75) is 39.7 Å². The van der Waals surface area contributed by atoms with Crippen LogP contribution < -0.4 is 14.5 Å². The van der Waals surface area contributed by atoms with Gasteiger partial charge in [0.05, 0.1) is 28.9 Å². The Morgan fingerprint density at radius 1 is 1.05 bits per heavy atom. The molecule has 0 bridgehead atoms. The fourth-order valence-corrected chi connectivity index (χ4v) is 6.24. The van der Waals surface area contributed by atoms with E-state index in [9.17, 15) is 14.7 Å². The summed E-state index contributed by atoms with van der Waals surface area (Å²) in [6, 6.07) is 16.4. The fraction of sp³-hybridized carbons (Fsp3) is 0.281. The van der Waals surface area contributed by atoms with Crippen LogP contribution in [-0.2, 0) is 9.59 Å². The Bertz CT molecular complexity index is 1670. The van der Waals surface area contributed by atoms with Crippen molar-refractivity contribution >= 4 is 49.8 Å². The number of methoxy groups -OCH3 is 1. The number of benzene rings is 3. The number of aromatic nitrogens is 1. The van der Waals surface area contributed by atoms with Crippen LogP contribution in [0.3, 0.4) is 0 Å². The quantitative estimate of drug-likeness (QED) is 0.161. The molecule has 0 spiro atoms. The third-order valence-electron chi connectivity index (χ3n) is 7.36. The summed E-state index contributed by atoms with van der Waals surface area (Å²) in [5.41, 5.74) is 5.69. The zero-order chi connectivity index (χ0) is 28.9. The van der Waals surface area contributed by atoms with Crippen LogP contribution in [0.1, 0.15) is 53.6 Å². The molecule has 8 heteroatoms. The minimum atomic E-state index is -0.845. The molecule has 1 aliphatic heterocycles. The van der Waals surface area contributed by atoms with Crippen LogP contribution in [0.4, 0.5) is 10.8 Å². The molecule has 1 aromatic heterocycles. The molecule has 40 heavy (non-hydrogen) atoms. The maximum Gasteiger partial charge on any atom is 0.301 e. The van der Waals surface area contributed by atoms with Gasteiger partial charge in [-0.05, 0) is 78.4 Å². The molecule has 1 N–H and O–H groups in total. The zero-order valence-corrected chi connectivity index (χ0v) is 24.6. The fourth-order valence-electron chi connectivity index (χ4n) is 5.15. The minimum Gasteiger partial charge on any atom is -0.507 e.